The third kappa shape index (κ3) is 2.26. The van der Waals surface area contributed by atoms with Crippen LogP contribution in [0.3, 0.4) is 0 Å². The molecule has 1 fully saturated rings. The van der Waals surface area contributed by atoms with Gasteiger partial charge in [-0.1, -0.05) is 0 Å². The fourth-order valence-electron chi connectivity index (χ4n) is 1.34. The highest BCUT2D eigenvalue weighted by Crippen LogP contribution is 2.31. The molecule has 2 rings (SSSR count). The molecule has 0 unspecified atom stereocenters. The Labute approximate surface area is 87.8 Å². The van der Waals surface area contributed by atoms with E-state index in [1.54, 1.807) is 12.1 Å². The maximum atomic E-state index is 13.1. The van der Waals surface area contributed by atoms with Crippen molar-refractivity contribution in [3.05, 3.63) is 24.0 Å². The highest BCUT2D eigenvalue weighted by Gasteiger charge is 2.25. The zero-order valence-electron chi connectivity index (χ0n) is 8.53. The lowest BCUT2D eigenvalue weighted by molar-refractivity contribution is 0.387. The summed E-state index contributed by atoms with van der Waals surface area (Å²) in [6.45, 7) is 0. The minimum atomic E-state index is -0.388. The summed E-state index contributed by atoms with van der Waals surface area (Å²) in [5.41, 5.74) is 6.39. The Hall–Kier alpha value is -1.58. The predicted octanol–water partition coefficient (Wildman–Crippen LogP) is 2.23. The van der Waals surface area contributed by atoms with Gasteiger partial charge in [0.05, 0.1) is 12.8 Å². The van der Waals surface area contributed by atoms with Gasteiger partial charge in [-0.05, 0) is 25.0 Å². The number of hydrogen-bond donors (Lipinski definition) is 1. The zero-order chi connectivity index (χ0) is 10.8. The normalized spacial score (nSPS) is 16.5. The molecule has 0 heterocycles. The smallest absolute Gasteiger partial charge is 0.165 e. The molecule has 0 spiro atoms. The second-order valence-corrected chi connectivity index (χ2v) is 3.63. The van der Waals surface area contributed by atoms with Gasteiger partial charge in [-0.3, -0.25) is 0 Å². The van der Waals surface area contributed by atoms with Gasteiger partial charge in [0.15, 0.2) is 11.6 Å². The van der Waals surface area contributed by atoms with Crippen LogP contribution in [0.15, 0.2) is 23.2 Å². The van der Waals surface area contributed by atoms with Gasteiger partial charge < -0.3 is 10.5 Å². The largest absolute Gasteiger partial charge is 0.494 e. The molecule has 2 N–H and O–H groups in total. The molecule has 0 amide bonds. The molecule has 1 aromatic rings. The Morgan fingerprint density at radius 3 is 2.87 bits per heavy atom. The third-order valence-corrected chi connectivity index (χ3v) is 2.39. The van der Waals surface area contributed by atoms with Gasteiger partial charge in [0.25, 0.3) is 0 Å². The zero-order valence-corrected chi connectivity index (χ0v) is 8.53. The lowest BCUT2D eigenvalue weighted by atomic mass is 10.3. The molecule has 0 atom stereocenters. The van der Waals surface area contributed by atoms with Crippen LogP contribution in [0, 0.1) is 11.7 Å². The quantitative estimate of drug-likeness (QED) is 0.611. The monoisotopic (exact) mass is 208 g/mol. The molecule has 80 valence electrons. The van der Waals surface area contributed by atoms with E-state index in [1.807, 2.05) is 0 Å². The standard InChI is InChI=1S/C11H13FN2O/c1-15-10-6-8(4-5-9(10)12)14-11(13)7-2-3-7/h4-7H,2-3H2,1H3,(H2,13,14). The number of halogens is 1. The first kappa shape index (κ1) is 9.96. The number of ether oxygens (including phenoxy) is 1. The van der Waals surface area contributed by atoms with Crippen LogP contribution in [0.25, 0.3) is 0 Å². The molecule has 1 aliphatic carbocycles. The van der Waals surface area contributed by atoms with E-state index in [0.717, 1.165) is 12.8 Å². The van der Waals surface area contributed by atoms with Crippen molar-refractivity contribution >= 4 is 11.5 Å². The van der Waals surface area contributed by atoms with Gasteiger partial charge in [0.1, 0.15) is 5.84 Å². The van der Waals surface area contributed by atoms with Crippen molar-refractivity contribution in [1.29, 1.82) is 0 Å². The molecule has 4 heteroatoms. The molecule has 1 aliphatic rings. The van der Waals surface area contributed by atoms with E-state index in [0.29, 0.717) is 17.4 Å². The van der Waals surface area contributed by atoms with Gasteiger partial charge in [0, 0.05) is 12.0 Å². The molecule has 0 saturated heterocycles. The first-order valence-electron chi connectivity index (χ1n) is 4.88. The molecule has 1 saturated carbocycles. The summed E-state index contributed by atoms with van der Waals surface area (Å²) in [5.74, 6) is 0.853. The van der Waals surface area contributed by atoms with E-state index in [1.165, 1.54) is 13.2 Å². The number of hydrogen-bond acceptors (Lipinski definition) is 2. The first-order chi connectivity index (χ1) is 7.20. The number of amidine groups is 1. The molecule has 3 nitrogen and oxygen atoms in total. The number of methoxy groups -OCH3 is 1. The van der Waals surface area contributed by atoms with Crippen LogP contribution in [0.4, 0.5) is 10.1 Å². The van der Waals surface area contributed by atoms with E-state index >= 15 is 0 Å². The molecule has 0 aromatic heterocycles. The highest BCUT2D eigenvalue weighted by atomic mass is 19.1. The Balaban J connectivity index is 2.24. The summed E-state index contributed by atoms with van der Waals surface area (Å²) in [7, 11) is 1.43. The molecule has 1 aromatic carbocycles. The van der Waals surface area contributed by atoms with Gasteiger partial charge in [-0.25, -0.2) is 9.38 Å². The average molecular weight is 208 g/mol. The minimum Gasteiger partial charge on any atom is -0.494 e. The summed E-state index contributed by atoms with van der Waals surface area (Å²) in [4.78, 5) is 4.22. The van der Waals surface area contributed by atoms with E-state index in [-0.39, 0.29) is 11.6 Å². The Morgan fingerprint density at radius 2 is 2.27 bits per heavy atom. The highest BCUT2D eigenvalue weighted by molar-refractivity contribution is 5.87. The number of rotatable bonds is 3. The lowest BCUT2D eigenvalue weighted by Crippen LogP contribution is -2.12. The van der Waals surface area contributed by atoms with Crippen LogP contribution >= 0.6 is 0 Å². The second-order valence-electron chi connectivity index (χ2n) is 3.63. The van der Waals surface area contributed by atoms with Gasteiger partial charge in [-0.15, -0.1) is 0 Å². The maximum absolute atomic E-state index is 13.1. The van der Waals surface area contributed by atoms with Gasteiger partial charge in [-0.2, -0.15) is 0 Å². The van der Waals surface area contributed by atoms with Crippen molar-refractivity contribution in [3.8, 4) is 5.75 Å². The Bertz CT molecular complexity index is 400. The van der Waals surface area contributed by atoms with Crippen LogP contribution < -0.4 is 10.5 Å². The van der Waals surface area contributed by atoms with Crippen molar-refractivity contribution in [2.45, 2.75) is 12.8 Å². The first-order valence-corrected chi connectivity index (χ1v) is 4.88. The van der Waals surface area contributed by atoms with Crippen LogP contribution in [0.2, 0.25) is 0 Å². The molecule has 0 radical (unpaired) electrons. The van der Waals surface area contributed by atoms with Crippen molar-refractivity contribution in [1.82, 2.24) is 0 Å². The SMILES string of the molecule is COc1cc(N=C(N)C2CC2)ccc1F. The summed E-state index contributed by atoms with van der Waals surface area (Å²) in [6.07, 6.45) is 2.21. The van der Waals surface area contributed by atoms with E-state index in [2.05, 4.69) is 4.99 Å². The lowest BCUT2D eigenvalue weighted by Gasteiger charge is -2.03. The van der Waals surface area contributed by atoms with Crippen LogP contribution in [-0.2, 0) is 0 Å². The minimum absolute atomic E-state index is 0.194. The average Bonchev–Trinajstić information content (AvgIpc) is 3.04. The van der Waals surface area contributed by atoms with E-state index in [9.17, 15) is 4.39 Å². The van der Waals surface area contributed by atoms with Crippen LogP contribution in [0.5, 0.6) is 5.75 Å². The molecular weight excluding hydrogens is 195 g/mol. The third-order valence-electron chi connectivity index (χ3n) is 2.39. The number of nitrogens with zero attached hydrogens (tertiary/aromatic N) is 1. The van der Waals surface area contributed by atoms with Crippen molar-refractivity contribution in [2.24, 2.45) is 16.6 Å². The van der Waals surface area contributed by atoms with Crippen LogP contribution in [0.1, 0.15) is 12.8 Å². The summed E-state index contributed by atoms with van der Waals surface area (Å²) >= 11 is 0. The van der Waals surface area contributed by atoms with E-state index in [4.69, 9.17) is 10.5 Å². The summed E-state index contributed by atoms with van der Waals surface area (Å²) in [6, 6.07) is 4.47. The number of nitrogens with two attached hydrogens (primary N) is 1. The molecule has 0 bridgehead atoms. The van der Waals surface area contributed by atoms with Gasteiger partial charge >= 0.3 is 0 Å². The molecule has 15 heavy (non-hydrogen) atoms. The Morgan fingerprint density at radius 1 is 1.53 bits per heavy atom. The van der Waals surface area contributed by atoms with E-state index < -0.39 is 0 Å². The molecule has 0 aliphatic heterocycles. The summed E-state index contributed by atoms with van der Waals surface area (Å²) in [5, 5.41) is 0. The Kier molecular flexibility index (Phi) is 2.58. The molecular formula is C11H13FN2O. The second kappa shape index (κ2) is 3.88. The van der Waals surface area contributed by atoms with Crippen molar-refractivity contribution < 1.29 is 9.13 Å². The number of benzene rings is 1. The fourth-order valence-corrected chi connectivity index (χ4v) is 1.34. The van der Waals surface area contributed by atoms with Crippen LogP contribution in [-0.4, -0.2) is 12.9 Å². The predicted molar refractivity (Wildman–Crippen MR) is 57.0 cm³/mol. The summed E-state index contributed by atoms with van der Waals surface area (Å²) < 4.78 is 17.9. The fraction of sp³-hybridized carbons (Fsp3) is 0.364. The van der Waals surface area contributed by atoms with Crippen molar-refractivity contribution in [3.63, 3.8) is 0 Å². The topological polar surface area (TPSA) is 47.6 Å². The maximum Gasteiger partial charge on any atom is 0.165 e. The van der Waals surface area contributed by atoms with Gasteiger partial charge in [0.2, 0.25) is 0 Å². The van der Waals surface area contributed by atoms with Crippen molar-refractivity contribution in [2.75, 3.05) is 7.11 Å². The number of aliphatic imine (C=N–C) groups is 1.